The summed E-state index contributed by atoms with van der Waals surface area (Å²) in [7, 11) is 0. The predicted molar refractivity (Wildman–Crippen MR) is 100 cm³/mol. The van der Waals surface area contributed by atoms with E-state index in [1.807, 2.05) is 49.7 Å². The first-order valence-electron chi connectivity index (χ1n) is 7.96. The van der Waals surface area contributed by atoms with Crippen LogP contribution >= 0.6 is 0 Å². The van der Waals surface area contributed by atoms with E-state index in [0.717, 1.165) is 47.8 Å². The lowest BCUT2D eigenvalue weighted by molar-refractivity contribution is 0.910. The van der Waals surface area contributed by atoms with Crippen molar-refractivity contribution in [1.29, 1.82) is 0 Å². The summed E-state index contributed by atoms with van der Waals surface area (Å²) in [5.41, 5.74) is 5.29. The van der Waals surface area contributed by atoms with E-state index in [2.05, 4.69) is 39.1 Å². The quantitative estimate of drug-likeness (QED) is 0.665. The van der Waals surface area contributed by atoms with E-state index in [4.69, 9.17) is 0 Å². The fraction of sp³-hybridized carbons (Fsp3) is 0.211. The number of nitrogens with zero attached hydrogens (tertiary/aromatic N) is 1. The minimum absolute atomic E-state index is 0.907. The molecule has 2 aromatic carbocycles. The summed E-state index contributed by atoms with van der Waals surface area (Å²) in [6, 6.07) is 16.4. The highest BCUT2D eigenvalue weighted by Gasteiger charge is 2.02. The molecule has 0 unspecified atom stereocenters. The SMILES string of the molecule is C/C1=C\Nc2ccccc2NCCCNc2ccccc2N=C1. The summed E-state index contributed by atoms with van der Waals surface area (Å²) in [5, 5.41) is 10.3. The third-order valence-electron chi connectivity index (χ3n) is 3.68. The molecule has 118 valence electrons. The van der Waals surface area contributed by atoms with E-state index in [-0.39, 0.29) is 0 Å². The standard InChI is InChI=1S/C19H22N4/c1-15-13-22-18-9-4-2-7-16(18)20-11-6-12-21-17-8-3-5-10-19(17)23-14-15/h2-5,7-10,13-14,20-22H,6,11-12H2,1H3/b15-13+,23-14?. The first-order valence-corrected chi connectivity index (χ1v) is 7.96. The minimum Gasteiger partial charge on any atom is -0.383 e. The largest absolute Gasteiger partial charge is 0.383 e. The highest BCUT2D eigenvalue weighted by molar-refractivity contribution is 5.83. The maximum Gasteiger partial charge on any atom is 0.0861 e. The average Bonchev–Trinajstić information content (AvgIpc) is 2.59. The van der Waals surface area contributed by atoms with Crippen LogP contribution in [0.25, 0.3) is 0 Å². The number of aliphatic imine (C=N–C) groups is 1. The zero-order valence-corrected chi connectivity index (χ0v) is 13.3. The van der Waals surface area contributed by atoms with Crippen molar-refractivity contribution in [2.45, 2.75) is 13.3 Å². The number of hydrogen-bond donors (Lipinski definition) is 3. The molecule has 0 aliphatic carbocycles. The van der Waals surface area contributed by atoms with Gasteiger partial charge in [-0.15, -0.1) is 0 Å². The van der Waals surface area contributed by atoms with Gasteiger partial charge in [-0.1, -0.05) is 24.3 Å². The molecule has 1 aliphatic heterocycles. The lowest BCUT2D eigenvalue weighted by Crippen LogP contribution is -2.10. The minimum atomic E-state index is 0.907. The van der Waals surface area contributed by atoms with Gasteiger partial charge in [-0.25, -0.2) is 0 Å². The highest BCUT2D eigenvalue weighted by Crippen LogP contribution is 2.25. The van der Waals surface area contributed by atoms with Crippen LogP contribution in [0.15, 0.2) is 65.3 Å². The van der Waals surface area contributed by atoms with Crippen molar-refractivity contribution in [3.05, 3.63) is 60.3 Å². The summed E-state index contributed by atoms with van der Waals surface area (Å²) < 4.78 is 0. The van der Waals surface area contributed by atoms with Gasteiger partial charge >= 0.3 is 0 Å². The van der Waals surface area contributed by atoms with Crippen molar-refractivity contribution < 1.29 is 0 Å². The second-order valence-corrected chi connectivity index (χ2v) is 5.56. The molecule has 0 aromatic heterocycles. The van der Waals surface area contributed by atoms with Crippen molar-refractivity contribution in [2.75, 3.05) is 29.0 Å². The van der Waals surface area contributed by atoms with Crippen LogP contribution in [0.1, 0.15) is 13.3 Å². The molecule has 3 N–H and O–H groups in total. The molecule has 4 nitrogen and oxygen atoms in total. The van der Waals surface area contributed by atoms with E-state index >= 15 is 0 Å². The van der Waals surface area contributed by atoms with Gasteiger partial charge < -0.3 is 16.0 Å². The molecule has 3 rings (SSSR count). The molecule has 1 aliphatic rings. The summed E-state index contributed by atoms with van der Waals surface area (Å²) >= 11 is 0. The number of nitrogens with one attached hydrogen (secondary N) is 3. The molecule has 1 heterocycles. The maximum absolute atomic E-state index is 4.60. The van der Waals surface area contributed by atoms with Gasteiger partial charge in [-0.2, -0.15) is 0 Å². The highest BCUT2D eigenvalue weighted by atomic mass is 15.0. The first-order chi connectivity index (χ1) is 11.3. The Balaban J connectivity index is 1.87. The van der Waals surface area contributed by atoms with Gasteiger partial charge in [0.1, 0.15) is 0 Å². The molecule has 0 fully saturated rings. The monoisotopic (exact) mass is 306 g/mol. The van der Waals surface area contributed by atoms with Crippen LogP contribution in [0.5, 0.6) is 0 Å². The summed E-state index contributed by atoms with van der Waals surface area (Å²) in [4.78, 5) is 4.60. The van der Waals surface area contributed by atoms with E-state index in [0.29, 0.717) is 0 Å². The second-order valence-electron chi connectivity index (χ2n) is 5.56. The molecule has 0 spiro atoms. The molecule has 0 saturated carbocycles. The van der Waals surface area contributed by atoms with Crippen LogP contribution in [-0.4, -0.2) is 19.3 Å². The van der Waals surface area contributed by atoms with Gasteiger partial charge in [0, 0.05) is 25.5 Å². The fourth-order valence-electron chi connectivity index (χ4n) is 2.43. The topological polar surface area (TPSA) is 48.4 Å². The molecule has 0 saturated heterocycles. The maximum atomic E-state index is 4.60. The fourth-order valence-corrected chi connectivity index (χ4v) is 2.43. The molecule has 0 atom stereocenters. The average molecular weight is 306 g/mol. The van der Waals surface area contributed by atoms with Crippen molar-refractivity contribution >= 4 is 29.0 Å². The Labute approximate surface area is 137 Å². The number of hydrogen-bond acceptors (Lipinski definition) is 4. The van der Waals surface area contributed by atoms with Crippen LogP contribution in [0.4, 0.5) is 22.7 Å². The number of para-hydroxylation sites is 4. The Hall–Kier alpha value is -2.75. The Morgan fingerprint density at radius 1 is 0.826 bits per heavy atom. The summed E-state index contributed by atoms with van der Waals surface area (Å²) in [6.45, 7) is 3.86. The molecule has 0 radical (unpaired) electrons. The van der Waals surface area contributed by atoms with E-state index < -0.39 is 0 Å². The molecule has 2 aromatic rings. The van der Waals surface area contributed by atoms with Crippen molar-refractivity contribution in [3.63, 3.8) is 0 Å². The van der Waals surface area contributed by atoms with E-state index in [1.165, 1.54) is 0 Å². The lowest BCUT2D eigenvalue weighted by atomic mass is 10.2. The number of rotatable bonds is 0. The third-order valence-corrected chi connectivity index (χ3v) is 3.68. The van der Waals surface area contributed by atoms with Gasteiger partial charge in [0.15, 0.2) is 0 Å². The Morgan fingerprint density at radius 3 is 2.30 bits per heavy atom. The van der Waals surface area contributed by atoms with Crippen LogP contribution in [0.2, 0.25) is 0 Å². The van der Waals surface area contributed by atoms with Gasteiger partial charge in [0.05, 0.1) is 22.7 Å². The zero-order valence-electron chi connectivity index (χ0n) is 13.3. The van der Waals surface area contributed by atoms with Gasteiger partial charge in [-0.05, 0) is 43.2 Å². The molecule has 0 bridgehead atoms. The molecule has 23 heavy (non-hydrogen) atoms. The summed E-state index contributed by atoms with van der Waals surface area (Å²) in [5.74, 6) is 0. The molecule has 0 amide bonds. The molecular weight excluding hydrogens is 284 g/mol. The lowest BCUT2D eigenvalue weighted by Gasteiger charge is -2.14. The van der Waals surface area contributed by atoms with Gasteiger partial charge in [0.25, 0.3) is 0 Å². The smallest absolute Gasteiger partial charge is 0.0861 e. The van der Waals surface area contributed by atoms with Crippen LogP contribution < -0.4 is 16.0 Å². The normalized spacial score (nSPS) is 17.2. The van der Waals surface area contributed by atoms with Crippen LogP contribution in [0, 0.1) is 0 Å². The predicted octanol–water partition coefficient (Wildman–Crippen LogP) is 4.63. The Bertz CT molecular complexity index is 719. The van der Waals surface area contributed by atoms with Crippen LogP contribution in [0.3, 0.4) is 0 Å². The van der Waals surface area contributed by atoms with Gasteiger partial charge in [-0.3, -0.25) is 4.99 Å². The van der Waals surface area contributed by atoms with E-state index in [9.17, 15) is 0 Å². The van der Waals surface area contributed by atoms with Crippen molar-refractivity contribution in [3.8, 4) is 0 Å². The van der Waals surface area contributed by atoms with Gasteiger partial charge in [0.2, 0.25) is 0 Å². The Morgan fingerprint density at radius 2 is 1.48 bits per heavy atom. The van der Waals surface area contributed by atoms with Crippen LogP contribution in [-0.2, 0) is 0 Å². The number of benzene rings is 2. The molecular formula is C19H22N4. The van der Waals surface area contributed by atoms with Crippen molar-refractivity contribution in [2.24, 2.45) is 4.99 Å². The molecule has 4 heteroatoms. The zero-order chi connectivity index (χ0) is 15.9. The summed E-state index contributed by atoms with van der Waals surface area (Å²) in [6.07, 6.45) is 4.89. The first kappa shape index (κ1) is 15.2. The van der Waals surface area contributed by atoms with Crippen molar-refractivity contribution in [1.82, 2.24) is 0 Å². The Kier molecular flexibility index (Phi) is 4.94. The van der Waals surface area contributed by atoms with E-state index in [1.54, 1.807) is 0 Å². The number of anilines is 3. The second kappa shape index (κ2) is 7.49. The third kappa shape index (κ3) is 4.13. The number of fused-ring (bicyclic) bond motifs is 2. The number of allylic oxidation sites excluding steroid dienone is 1.